The van der Waals surface area contributed by atoms with Crippen molar-refractivity contribution >= 4 is 22.8 Å². The van der Waals surface area contributed by atoms with Gasteiger partial charge in [-0.3, -0.25) is 14.9 Å². The van der Waals surface area contributed by atoms with Gasteiger partial charge in [-0.25, -0.2) is 19.3 Å². The second-order valence-corrected chi connectivity index (χ2v) is 6.54. The highest BCUT2D eigenvalue weighted by molar-refractivity contribution is 6.02. The van der Waals surface area contributed by atoms with Crippen molar-refractivity contribution in [3.8, 4) is 28.6 Å². The molecule has 154 valence electrons. The monoisotopic (exact) mass is 420 g/mol. The Morgan fingerprint density at radius 3 is 2.71 bits per heavy atom. The smallest absolute Gasteiger partial charge is 0.332 e. The number of aromatic nitrogens is 4. The van der Waals surface area contributed by atoms with Crippen molar-refractivity contribution in [1.29, 1.82) is 0 Å². The van der Waals surface area contributed by atoms with Gasteiger partial charge in [-0.1, -0.05) is 12.1 Å². The summed E-state index contributed by atoms with van der Waals surface area (Å²) in [5.74, 6) is -0.0973. The molecule has 0 saturated heterocycles. The number of para-hydroxylation sites is 1. The maximum Gasteiger partial charge on any atom is 0.332 e. The molecule has 2 aromatic carbocycles. The van der Waals surface area contributed by atoms with Gasteiger partial charge in [0.1, 0.15) is 5.52 Å². The Morgan fingerprint density at radius 1 is 1.16 bits per heavy atom. The normalized spacial score (nSPS) is 12.3. The number of amides is 1. The van der Waals surface area contributed by atoms with Gasteiger partial charge in [-0.15, -0.1) is 0 Å². The quantitative estimate of drug-likeness (QED) is 0.370. The number of nitrogens with two attached hydrogens (primary N) is 1. The number of H-pyrrole nitrogens is 1. The molecule has 4 aromatic rings. The molecular weight excluding hydrogens is 408 g/mol. The molecule has 2 aromatic heterocycles. The molecule has 0 spiro atoms. The van der Waals surface area contributed by atoms with Crippen LogP contribution in [0.25, 0.3) is 28.2 Å². The third-order valence-electron chi connectivity index (χ3n) is 4.73. The maximum atomic E-state index is 12.7. The van der Waals surface area contributed by atoms with Gasteiger partial charge in [0.15, 0.2) is 28.7 Å². The molecule has 0 saturated carbocycles. The first kappa shape index (κ1) is 18.3. The minimum Gasteiger partial charge on any atom is -0.454 e. The lowest BCUT2D eigenvalue weighted by atomic mass is 10.1. The summed E-state index contributed by atoms with van der Waals surface area (Å²) in [5.41, 5.74) is 4.82. The first-order valence-corrected chi connectivity index (χ1v) is 8.90. The van der Waals surface area contributed by atoms with E-state index >= 15 is 0 Å². The molecule has 0 radical (unpaired) electrons. The lowest BCUT2D eigenvalue weighted by Gasteiger charge is -2.07. The van der Waals surface area contributed by atoms with E-state index in [0.29, 0.717) is 17.2 Å². The van der Waals surface area contributed by atoms with Crippen LogP contribution in [0.5, 0.6) is 11.5 Å². The fourth-order valence-corrected chi connectivity index (χ4v) is 3.37. The maximum absolute atomic E-state index is 12.7. The number of ether oxygens (including phenoxy) is 2. The Balaban J connectivity index is 1.82. The molecule has 1 aliphatic rings. The average Bonchev–Trinajstić information content (AvgIpc) is 3.35. The molecule has 1 amide bonds. The zero-order chi connectivity index (χ0) is 21.7. The minimum atomic E-state index is -0.925. The van der Waals surface area contributed by atoms with Crippen LogP contribution in [0.1, 0.15) is 10.5 Å². The van der Waals surface area contributed by atoms with E-state index in [4.69, 9.17) is 15.2 Å². The summed E-state index contributed by atoms with van der Waals surface area (Å²) in [5, 5.41) is 11.4. The highest BCUT2D eigenvalue weighted by atomic mass is 16.7. The van der Waals surface area contributed by atoms with Crippen LogP contribution in [0.4, 0.5) is 5.69 Å². The van der Waals surface area contributed by atoms with Gasteiger partial charge in [0.2, 0.25) is 6.79 Å². The minimum absolute atomic E-state index is 0.0116. The predicted octanol–water partition coefficient (Wildman–Crippen LogP) is 1.51. The van der Waals surface area contributed by atoms with E-state index < -0.39 is 16.5 Å². The zero-order valence-electron chi connectivity index (χ0n) is 15.6. The number of carbonyl (C=O) groups excluding carboxylic acids is 1. The largest absolute Gasteiger partial charge is 0.454 e. The van der Waals surface area contributed by atoms with Crippen LogP contribution in [0.2, 0.25) is 0 Å². The van der Waals surface area contributed by atoms with E-state index in [2.05, 4.69) is 15.0 Å². The molecule has 0 unspecified atom stereocenters. The SMILES string of the molecule is NC(=O)c1nc(-c2ccccc2[N+](=O)[O-])nc2c1[nH]c(=O)n2-c1ccc2c(c1)OCO2. The number of nitrogens with one attached hydrogen (secondary N) is 1. The van der Waals surface area contributed by atoms with Crippen LogP contribution in [0.15, 0.2) is 47.3 Å². The summed E-state index contributed by atoms with van der Waals surface area (Å²) in [7, 11) is 0. The summed E-state index contributed by atoms with van der Waals surface area (Å²) in [6, 6.07) is 10.6. The average molecular weight is 420 g/mol. The van der Waals surface area contributed by atoms with E-state index in [9.17, 15) is 19.7 Å². The van der Waals surface area contributed by atoms with Crippen LogP contribution in [0, 0.1) is 10.1 Å². The number of nitro groups is 1. The summed E-state index contributed by atoms with van der Waals surface area (Å²) in [4.78, 5) is 46.7. The Hall–Kier alpha value is -4.74. The van der Waals surface area contributed by atoms with E-state index in [0.717, 1.165) is 0 Å². The summed E-state index contributed by atoms with van der Waals surface area (Å²) in [6.07, 6.45) is 0. The Bertz CT molecular complexity index is 1460. The van der Waals surface area contributed by atoms with Crippen LogP contribution in [-0.4, -0.2) is 37.1 Å². The molecule has 0 fully saturated rings. The fourth-order valence-electron chi connectivity index (χ4n) is 3.37. The standard InChI is InChI=1S/C19H12N6O6/c20-16(26)14-15-18(23-17(21-14)10-3-1-2-4-11(10)25(28)29)24(19(27)22-15)9-5-6-12-13(7-9)31-8-30-12/h1-7H,8H2,(H2,20,26)(H,22,27). The second-order valence-electron chi connectivity index (χ2n) is 6.54. The van der Waals surface area contributed by atoms with Gasteiger partial charge in [-0.2, -0.15) is 0 Å². The van der Waals surface area contributed by atoms with Crippen molar-refractivity contribution in [1.82, 2.24) is 19.5 Å². The molecule has 3 N–H and O–H groups in total. The van der Waals surface area contributed by atoms with E-state index in [1.165, 1.54) is 22.8 Å². The number of hydrogen-bond donors (Lipinski definition) is 2. The Labute approximate surface area is 172 Å². The van der Waals surface area contributed by atoms with Gasteiger partial charge in [0.05, 0.1) is 16.2 Å². The molecule has 12 heteroatoms. The highest BCUT2D eigenvalue weighted by Crippen LogP contribution is 2.34. The Morgan fingerprint density at radius 2 is 1.94 bits per heavy atom. The molecule has 5 rings (SSSR count). The van der Waals surface area contributed by atoms with Crippen molar-refractivity contribution in [2.24, 2.45) is 5.73 Å². The van der Waals surface area contributed by atoms with Gasteiger partial charge in [-0.05, 0) is 18.2 Å². The number of nitrogens with zero attached hydrogens (tertiary/aromatic N) is 4. The van der Waals surface area contributed by atoms with Crippen LogP contribution < -0.4 is 20.9 Å². The third kappa shape index (κ3) is 2.85. The summed E-state index contributed by atoms with van der Waals surface area (Å²) >= 11 is 0. The highest BCUT2D eigenvalue weighted by Gasteiger charge is 2.24. The molecule has 31 heavy (non-hydrogen) atoms. The molecule has 1 aliphatic heterocycles. The molecule has 3 heterocycles. The molecule has 0 aliphatic carbocycles. The first-order valence-electron chi connectivity index (χ1n) is 8.90. The zero-order valence-corrected chi connectivity index (χ0v) is 15.6. The lowest BCUT2D eigenvalue weighted by Crippen LogP contribution is -2.15. The molecule has 0 atom stereocenters. The van der Waals surface area contributed by atoms with Gasteiger partial charge < -0.3 is 20.2 Å². The van der Waals surface area contributed by atoms with Crippen molar-refractivity contribution in [2.75, 3.05) is 6.79 Å². The summed E-state index contributed by atoms with van der Waals surface area (Å²) in [6.45, 7) is 0.0530. The first-order chi connectivity index (χ1) is 14.9. The van der Waals surface area contributed by atoms with Crippen molar-refractivity contribution in [2.45, 2.75) is 0 Å². The van der Waals surface area contributed by atoms with Crippen molar-refractivity contribution < 1.29 is 19.2 Å². The van der Waals surface area contributed by atoms with Gasteiger partial charge >= 0.3 is 5.69 Å². The van der Waals surface area contributed by atoms with Crippen LogP contribution in [0.3, 0.4) is 0 Å². The second kappa shape index (κ2) is 6.66. The number of imidazole rings is 1. The van der Waals surface area contributed by atoms with Gasteiger partial charge in [0.25, 0.3) is 11.6 Å². The van der Waals surface area contributed by atoms with Crippen LogP contribution in [-0.2, 0) is 0 Å². The number of rotatable bonds is 4. The van der Waals surface area contributed by atoms with E-state index in [1.807, 2.05) is 0 Å². The van der Waals surface area contributed by atoms with E-state index in [1.54, 1.807) is 24.3 Å². The molecule has 12 nitrogen and oxygen atoms in total. The predicted molar refractivity (Wildman–Crippen MR) is 106 cm³/mol. The molecule has 0 bridgehead atoms. The number of fused-ring (bicyclic) bond motifs is 2. The number of nitro benzene ring substituents is 1. The van der Waals surface area contributed by atoms with Crippen molar-refractivity contribution in [3.05, 3.63) is 68.8 Å². The van der Waals surface area contributed by atoms with Crippen molar-refractivity contribution in [3.63, 3.8) is 0 Å². The number of hydrogen-bond acceptors (Lipinski definition) is 8. The number of aromatic amines is 1. The lowest BCUT2D eigenvalue weighted by molar-refractivity contribution is -0.384. The topological polar surface area (TPSA) is 168 Å². The fraction of sp³-hybridized carbons (Fsp3) is 0.0526. The molecular formula is C19H12N6O6. The van der Waals surface area contributed by atoms with E-state index in [-0.39, 0.29) is 40.7 Å². The summed E-state index contributed by atoms with van der Waals surface area (Å²) < 4.78 is 11.8. The number of primary amides is 1. The third-order valence-corrected chi connectivity index (χ3v) is 4.73. The number of benzene rings is 2. The van der Waals surface area contributed by atoms with Crippen LogP contribution >= 0.6 is 0 Å². The Kier molecular flexibility index (Phi) is 3.93. The number of carbonyl (C=O) groups is 1. The van der Waals surface area contributed by atoms with Gasteiger partial charge in [0, 0.05) is 12.1 Å².